The third kappa shape index (κ3) is 8.29. The number of alkyl halides is 2. The van der Waals surface area contributed by atoms with Gasteiger partial charge < -0.3 is 4.74 Å². The van der Waals surface area contributed by atoms with Crippen LogP contribution in [0.15, 0.2) is 0 Å². The van der Waals surface area contributed by atoms with Crippen molar-refractivity contribution in [3.8, 4) is 0 Å². The highest BCUT2D eigenvalue weighted by molar-refractivity contribution is 6.21. The average molecular weight is 283 g/mol. The third-order valence-electron chi connectivity index (χ3n) is 3.02. The van der Waals surface area contributed by atoms with Crippen LogP contribution in [-0.4, -0.2) is 25.0 Å². The second-order valence-corrected chi connectivity index (χ2v) is 6.44. The summed E-state index contributed by atoms with van der Waals surface area (Å²) in [4.78, 5) is 0. The summed E-state index contributed by atoms with van der Waals surface area (Å²) in [6.45, 7) is 10.5. The van der Waals surface area contributed by atoms with Crippen molar-refractivity contribution in [1.29, 1.82) is 0 Å². The van der Waals surface area contributed by atoms with Gasteiger partial charge in [0.25, 0.3) is 0 Å². The fourth-order valence-electron chi connectivity index (χ4n) is 1.96. The number of hydrogen-bond acceptors (Lipinski definition) is 1. The van der Waals surface area contributed by atoms with E-state index in [2.05, 4.69) is 27.7 Å². The van der Waals surface area contributed by atoms with Gasteiger partial charge in [0, 0.05) is 25.0 Å². The maximum Gasteiger partial charge on any atom is 0.0472 e. The Balaban J connectivity index is 3.92. The molecule has 0 radical (unpaired) electrons. The van der Waals surface area contributed by atoms with E-state index < -0.39 is 0 Å². The van der Waals surface area contributed by atoms with Crippen LogP contribution in [0.25, 0.3) is 0 Å². The highest BCUT2D eigenvalue weighted by Crippen LogP contribution is 2.33. The summed E-state index contributed by atoms with van der Waals surface area (Å²) in [5.74, 6) is 2.59. The maximum absolute atomic E-state index is 6.09. The lowest BCUT2D eigenvalue weighted by molar-refractivity contribution is 0.0917. The van der Waals surface area contributed by atoms with Crippen LogP contribution in [0.3, 0.4) is 0 Å². The van der Waals surface area contributed by atoms with Crippen molar-refractivity contribution in [3.63, 3.8) is 0 Å². The van der Waals surface area contributed by atoms with Gasteiger partial charge in [-0.3, -0.25) is 0 Å². The highest BCUT2D eigenvalue weighted by Gasteiger charge is 2.29. The summed E-state index contributed by atoms with van der Waals surface area (Å²) in [5, 5.41) is 0. The Morgan fingerprint density at radius 1 is 0.941 bits per heavy atom. The van der Waals surface area contributed by atoms with E-state index in [-0.39, 0.29) is 5.41 Å². The average Bonchev–Trinajstić information content (AvgIpc) is 2.26. The second kappa shape index (κ2) is 9.47. The second-order valence-electron chi connectivity index (χ2n) is 5.91. The predicted octanol–water partition coefficient (Wildman–Crippen LogP) is 4.95. The SMILES string of the molecule is CC(C)CCOCCC(CCl)(CCl)CC(C)C. The Morgan fingerprint density at radius 2 is 1.53 bits per heavy atom. The van der Waals surface area contributed by atoms with Crippen molar-refractivity contribution in [2.45, 2.75) is 47.0 Å². The van der Waals surface area contributed by atoms with Crippen molar-refractivity contribution in [3.05, 3.63) is 0 Å². The normalized spacial score (nSPS) is 12.7. The van der Waals surface area contributed by atoms with Crippen molar-refractivity contribution >= 4 is 23.2 Å². The first kappa shape index (κ1) is 17.5. The Labute approximate surface area is 117 Å². The van der Waals surface area contributed by atoms with Gasteiger partial charge in [-0.25, -0.2) is 0 Å². The first-order valence-electron chi connectivity index (χ1n) is 6.65. The molecule has 0 spiro atoms. The number of rotatable bonds is 10. The quantitative estimate of drug-likeness (QED) is 0.407. The van der Waals surface area contributed by atoms with Gasteiger partial charge in [-0.15, -0.1) is 23.2 Å². The number of halogens is 2. The summed E-state index contributed by atoms with van der Waals surface area (Å²) in [5.41, 5.74) is 0.0507. The molecule has 0 aliphatic carbocycles. The van der Waals surface area contributed by atoms with E-state index in [9.17, 15) is 0 Å². The minimum absolute atomic E-state index is 0.0507. The summed E-state index contributed by atoms with van der Waals surface area (Å²) in [6, 6.07) is 0. The molecule has 0 amide bonds. The molecule has 104 valence electrons. The molecule has 0 atom stereocenters. The first-order chi connectivity index (χ1) is 7.95. The zero-order valence-corrected chi connectivity index (χ0v) is 13.3. The zero-order chi connectivity index (χ0) is 13.3. The van der Waals surface area contributed by atoms with Gasteiger partial charge in [-0.05, 0) is 36.5 Å². The van der Waals surface area contributed by atoms with E-state index in [1.54, 1.807) is 0 Å². The Morgan fingerprint density at radius 3 is 1.94 bits per heavy atom. The van der Waals surface area contributed by atoms with Crippen LogP contribution < -0.4 is 0 Å². The molecule has 0 aliphatic heterocycles. The minimum atomic E-state index is 0.0507. The standard InChI is InChI=1S/C14H28Cl2O/c1-12(2)5-7-17-8-6-14(10-15,11-16)9-13(3)4/h12-13H,5-11H2,1-4H3. The Bertz CT molecular complexity index is 177. The molecule has 0 fully saturated rings. The van der Waals surface area contributed by atoms with Crippen LogP contribution in [-0.2, 0) is 4.74 Å². The predicted molar refractivity (Wildman–Crippen MR) is 78.2 cm³/mol. The molecule has 0 aromatic carbocycles. The monoisotopic (exact) mass is 282 g/mol. The molecule has 0 rings (SSSR count). The first-order valence-corrected chi connectivity index (χ1v) is 7.72. The summed E-state index contributed by atoms with van der Waals surface area (Å²) >= 11 is 12.2. The highest BCUT2D eigenvalue weighted by atomic mass is 35.5. The molecule has 3 heteroatoms. The van der Waals surface area contributed by atoms with Gasteiger partial charge in [0.15, 0.2) is 0 Å². The minimum Gasteiger partial charge on any atom is -0.381 e. The van der Waals surface area contributed by atoms with E-state index in [1.165, 1.54) is 0 Å². The van der Waals surface area contributed by atoms with E-state index in [0.717, 1.165) is 32.5 Å². The molecule has 1 nitrogen and oxygen atoms in total. The molecule has 0 saturated carbocycles. The molecular formula is C14H28Cl2O. The molecule has 0 saturated heterocycles. The van der Waals surface area contributed by atoms with Gasteiger partial charge in [-0.2, -0.15) is 0 Å². The fraction of sp³-hybridized carbons (Fsp3) is 1.00. The Hall–Kier alpha value is 0.540. The number of hydrogen-bond donors (Lipinski definition) is 0. The lowest BCUT2D eigenvalue weighted by atomic mass is 9.81. The van der Waals surface area contributed by atoms with Crippen molar-refractivity contribution in [2.75, 3.05) is 25.0 Å². The molecule has 0 unspecified atom stereocenters. The van der Waals surface area contributed by atoms with E-state index >= 15 is 0 Å². The zero-order valence-electron chi connectivity index (χ0n) is 11.8. The van der Waals surface area contributed by atoms with Crippen LogP contribution in [0.1, 0.15) is 47.0 Å². The van der Waals surface area contributed by atoms with Gasteiger partial charge in [0.05, 0.1) is 0 Å². The summed E-state index contributed by atoms with van der Waals surface area (Å²) in [6.07, 6.45) is 3.17. The van der Waals surface area contributed by atoms with E-state index in [0.29, 0.717) is 23.6 Å². The Kier molecular flexibility index (Phi) is 9.77. The molecule has 0 aliphatic rings. The largest absolute Gasteiger partial charge is 0.381 e. The topological polar surface area (TPSA) is 9.23 Å². The molecule has 0 aromatic rings. The van der Waals surface area contributed by atoms with Crippen molar-refractivity contribution in [2.24, 2.45) is 17.3 Å². The fourth-order valence-corrected chi connectivity index (χ4v) is 2.73. The van der Waals surface area contributed by atoms with Crippen molar-refractivity contribution in [1.82, 2.24) is 0 Å². The molecular weight excluding hydrogens is 255 g/mol. The van der Waals surface area contributed by atoms with Crippen molar-refractivity contribution < 1.29 is 4.74 Å². The van der Waals surface area contributed by atoms with Gasteiger partial charge in [-0.1, -0.05) is 27.7 Å². The van der Waals surface area contributed by atoms with Crippen LogP contribution in [0.5, 0.6) is 0 Å². The smallest absolute Gasteiger partial charge is 0.0472 e. The molecule has 0 N–H and O–H groups in total. The molecule has 0 bridgehead atoms. The van der Waals surface area contributed by atoms with E-state index in [4.69, 9.17) is 27.9 Å². The number of ether oxygens (including phenoxy) is 1. The van der Waals surface area contributed by atoms with Crippen LogP contribution in [0, 0.1) is 17.3 Å². The molecule has 0 aromatic heterocycles. The summed E-state index contributed by atoms with van der Waals surface area (Å²) < 4.78 is 5.67. The van der Waals surface area contributed by atoms with Crippen LogP contribution in [0.2, 0.25) is 0 Å². The lowest BCUT2D eigenvalue weighted by Gasteiger charge is -2.31. The van der Waals surface area contributed by atoms with Gasteiger partial charge in [0.1, 0.15) is 0 Å². The van der Waals surface area contributed by atoms with Gasteiger partial charge >= 0.3 is 0 Å². The molecule has 17 heavy (non-hydrogen) atoms. The van der Waals surface area contributed by atoms with Gasteiger partial charge in [0.2, 0.25) is 0 Å². The van der Waals surface area contributed by atoms with Crippen LogP contribution >= 0.6 is 23.2 Å². The van der Waals surface area contributed by atoms with E-state index in [1.807, 2.05) is 0 Å². The third-order valence-corrected chi connectivity index (χ3v) is 4.16. The molecule has 0 heterocycles. The maximum atomic E-state index is 6.09. The van der Waals surface area contributed by atoms with Crippen LogP contribution in [0.4, 0.5) is 0 Å². The lowest BCUT2D eigenvalue weighted by Crippen LogP contribution is -2.29. The summed E-state index contributed by atoms with van der Waals surface area (Å²) in [7, 11) is 0.